The molecule has 5 nitrogen and oxygen atoms in total. The van der Waals surface area contributed by atoms with Gasteiger partial charge in [0.25, 0.3) is 0 Å². The number of rotatable bonds is 4. The summed E-state index contributed by atoms with van der Waals surface area (Å²) in [7, 11) is 1.29. The fourth-order valence-electron chi connectivity index (χ4n) is 1.07. The summed E-state index contributed by atoms with van der Waals surface area (Å²) in [6.45, 7) is 0.0103. The van der Waals surface area contributed by atoms with Crippen molar-refractivity contribution in [2.24, 2.45) is 5.73 Å². The van der Waals surface area contributed by atoms with Crippen molar-refractivity contribution in [3.8, 4) is 0 Å². The molecule has 16 heavy (non-hydrogen) atoms. The van der Waals surface area contributed by atoms with Crippen molar-refractivity contribution in [3.63, 3.8) is 0 Å². The quantitative estimate of drug-likeness (QED) is 0.773. The van der Waals surface area contributed by atoms with Crippen LogP contribution in [0.5, 0.6) is 0 Å². The second-order valence-corrected chi connectivity index (χ2v) is 3.40. The van der Waals surface area contributed by atoms with Gasteiger partial charge in [0, 0.05) is 5.69 Å². The van der Waals surface area contributed by atoms with Crippen LogP contribution in [-0.2, 0) is 9.53 Å². The molecular formula is C10H11ClN2O3. The topological polar surface area (TPSA) is 81.4 Å². The molecule has 1 amide bonds. The van der Waals surface area contributed by atoms with Crippen molar-refractivity contribution in [1.82, 2.24) is 0 Å². The molecule has 0 heterocycles. The van der Waals surface area contributed by atoms with Gasteiger partial charge in [-0.1, -0.05) is 11.6 Å². The molecule has 0 radical (unpaired) electrons. The summed E-state index contributed by atoms with van der Waals surface area (Å²) >= 11 is 5.76. The number of carbonyl (C=O) groups excluding carboxylic acids is 2. The highest BCUT2D eigenvalue weighted by molar-refractivity contribution is 6.33. The van der Waals surface area contributed by atoms with E-state index in [0.29, 0.717) is 5.69 Å². The normalized spacial score (nSPS) is 9.62. The molecule has 0 saturated carbocycles. The summed E-state index contributed by atoms with van der Waals surface area (Å²) in [6.07, 6.45) is 0. The number of primary amides is 1. The smallest absolute Gasteiger partial charge is 0.325 e. The molecule has 0 fully saturated rings. The van der Waals surface area contributed by atoms with E-state index in [0.717, 1.165) is 0 Å². The minimum atomic E-state index is -0.619. The van der Waals surface area contributed by atoms with E-state index in [1.807, 2.05) is 0 Å². The first kappa shape index (κ1) is 12.3. The van der Waals surface area contributed by atoms with Gasteiger partial charge in [-0.3, -0.25) is 9.59 Å². The maximum Gasteiger partial charge on any atom is 0.325 e. The van der Waals surface area contributed by atoms with Gasteiger partial charge in [-0.05, 0) is 18.2 Å². The van der Waals surface area contributed by atoms with Crippen LogP contribution in [0.1, 0.15) is 10.4 Å². The van der Waals surface area contributed by atoms with Crippen LogP contribution in [-0.4, -0.2) is 25.5 Å². The summed E-state index contributed by atoms with van der Waals surface area (Å²) in [4.78, 5) is 21.9. The Morgan fingerprint density at radius 2 is 2.19 bits per heavy atom. The second-order valence-electron chi connectivity index (χ2n) is 2.99. The Morgan fingerprint density at radius 1 is 1.50 bits per heavy atom. The monoisotopic (exact) mass is 242 g/mol. The van der Waals surface area contributed by atoms with E-state index in [4.69, 9.17) is 17.3 Å². The summed E-state index contributed by atoms with van der Waals surface area (Å²) in [5.74, 6) is -1.03. The van der Waals surface area contributed by atoms with E-state index in [1.54, 1.807) is 6.07 Å². The number of nitrogens with one attached hydrogen (secondary N) is 1. The van der Waals surface area contributed by atoms with E-state index >= 15 is 0 Å². The Bertz CT molecular complexity index is 421. The number of hydrogen-bond donors (Lipinski definition) is 2. The fraction of sp³-hybridized carbons (Fsp3) is 0.200. The lowest BCUT2D eigenvalue weighted by molar-refractivity contribution is -0.138. The zero-order chi connectivity index (χ0) is 12.1. The highest BCUT2D eigenvalue weighted by atomic mass is 35.5. The zero-order valence-electron chi connectivity index (χ0n) is 8.62. The second kappa shape index (κ2) is 5.37. The summed E-state index contributed by atoms with van der Waals surface area (Å²) in [5.41, 5.74) is 5.90. The molecule has 0 aromatic heterocycles. The van der Waals surface area contributed by atoms with Crippen LogP contribution in [0.4, 0.5) is 5.69 Å². The largest absolute Gasteiger partial charge is 0.468 e. The molecule has 0 atom stereocenters. The molecule has 0 aliphatic rings. The van der Waals surface area contributed by atoms with Gasteiger partial charge >= 0.3 is 5.97 Å². The molecular weight excluding hydrogens is 232 g/mol. The lowest BCUT2D eigenvalue weighted by atomic mass is 10.2. The molecule has 0 bridgehead atoms. The number of methoxy groups -OCH3 is 1. The predicted molar refractivity (Wildman–Crippen MR) is 60.5 cm³/mol. The van der Waals surface area contributed by atoms with Crippen LogP contribution in [0.2, 0.25) is 5.02 Å². The number of ether oxygens (including phenoxy) is 1. The van der Waals surface area contributed by atoms with Crippen LogP contribution in [0.25, 0.3) is 0 Å². The minimum absolute atomic E-state index is 0.0103. The molecule has 0 unspecified atom stereocenters. The first-order valence-electron chi connectivity index (χ1n) is 4.44. The molecule has 86 valence electrons. The number of carbonyl (C=O) groups is 2. The number of esters is 1. The molecule has 0 aliphatic carbocycles. The Balaban J connectivity index is 2.79. The molecule has 0 aliphatic heterocycles. The third kappa shape index (κ3) is 3.13. The Hall–Kier alpha value is -1.75. The van der Waals surface area contributed by atoms with Crippen LogP contribution < -0.4 is 11.1 Å². The number of amides is 1. The maximum atomic E-state index is 11.0. The fourth-order valence-corrected chi connectivity index (χ4v) is 1.28. The molecule has 1 aromatic rings. The van der Waals surface area contributed by atoms with Gasteiger partial charge in [-0.15, -0.1) is 0 Å². The lowest BCUT2D eigenvalue weighted by Crippen LogP contribution is -2.16. The molecule has 6 heteroatoms. The lowest BCUT2D eigenvalue weighted by Gasteiger charge is -2.07. The SMILES string of the molecule is COC(=O)CNc1ccc(Cl)c(C(N)=O)c1. The number of benzene rings is 1. The van der Waals surface area contributed by atoms with Crippen molar-refractivity contribution < 1.29 is 14.3 Å². The van der Waals surface area contributed by atoms with E-state index in [9.17, 15) is 9.59 Å². The highest BCUT2D eigenvalue weighted by Crippen LogP contribution is 2.19. The Morgan fingerprint density at radius 3 is 2.75 bits per heavy atom. The van der Waals surface area contributed by atoms with Gasteiger partial charge in [-0.2, -0.15) is 0 Å². The van der Waals surface area contributed by atoms with Crippen molar-refractivity contribution in [1.29, 1.82) is 0 Å². The molecule has 0 spiro atoms. The van der Waals surface area contributed by atoms with Gasteiger partial charge in [0.15, 0.2) is 0 Å². The third-order valence-electron chi connectivity index (χ3n) is 1.90. The van der Waals surface area contributed by atoms with E-state index in [-0.39, 0.29) is 17.1 Å². The van der Waals surface area contributed by atoms with Gasteiger partial charge in [-0.25, -0.2) is 0 Å². The van der Waals surface area contributed by atoms with Gasteiger partial charge < -0.3 is 15.8 Å². The average Bonchev–Trinajstić information content (AvgIpc) is 2.27. The molecule has 1 aromatic carbocycles. The number of anilines is 1. The number of nitrogens with two attached hydrogens (primary N) is 1. The number of halogens is 1. The summed E-state index contributed by atoms with van der Waals surface area (Å²) < 4.78 is 4.45. The van der Waals surface area contributed by atoms with Crippen molar-refractivity contribution in [2.45, 2.75) is 0 Å². The van der Waals surface area contributed by atoms with Crippen molar-refractivity contribution in [2.75, 3.05) is 19.0 Å². The van der Waals surface area contributed by atoms with E-state index < -0.39 is 11.9 Å². The number of hydrogen-bond acceptors (Lipinski definition) is 4. The van der Waals surface area contributed by atoms with Crippen LogP contribution in [0, 0.1) is 0 Å². The standard InChI is InChI=1S/C10H11ClN2O3/c1-16-9(14)5-13-6-2-3-8(11)7(4-6)10(12)15/h2-4,13H,5H2,1H3,(H2,12,15). The first-order valence-corrected chi connectivity index (χ1v) is 4.82. The Kier molecular flexibility index (Phi) is 4.13. The van der Waals surface area contributed by atoms with Crippen molar-refractivity contribution >= 4 is 29.2 Å². The van der Waals surface area contributed by atoms with E-state index in [2.05, 4.69) is 10.1 Å². The maximum absolute atomic E-state index is 11.0. The van der Waals surface area contributed by atoms with Crippen LogP contribution >= 0.6 is 11.6 Å². The highest BCUT2D eigenvalue weighted by Gasteiger charge is 2.08. The van der Waals surface area contributed by atoms with Crippen molar-refractivity contribution in [3.05, 3.63) is 28.8 Å². The average molecular weight is 243 g/mol. The zero-order valence-corrected chi connectivity index (χ0v) is 9.38. The first-order chi connectivity index (χ1) is 7.54. The van der Waals surface area contributed by atoms with Gasteiger partial charge in [0.2, 0.25) is 5.91 Å². The summed E-state index contributed by atoms with van der Waals surface area (Å²) in [6, 6.07) is 4.65. The minimum Gasteiger partial charge on any atom is -0.468 e. The molecule has 3 N–H and O–H groups in total. The van der Waals surface area contributed by atoms with E-state index in [1.165, 1.54) is 19.2 Å². The van der Waals surface area contributed by atoms with Crippen LogP contribution in [0.3, 0.4) is 0 Å². The predicted octanol–water partition coefficient (Wildman–Crippen LogP) is 1.02. The molecule has 1 rings (SSSR count). The molecule has 0 saturated heterocycles. The third-order valence-corrected chi connectivity index (χ3v) is 2.23. The van der Waals surface area contributed by atoms with Gasteiger partial charge in [0.05, 0.1) is 17.7 Å². The Labute approximate surface area is 97.5 Å². The summed E-state index contributed by atoms with van der Waals surface area (Å²) in [5, 5.41) is 3.05. The van der Waals surface area contributed by atoms with Gasteiger partial charge in [0.1, 0.15) is 6.54 Å². The van der Waals surface area contributed by atoms with Crippen LogP contribution in [0.15, 0.2) is 18.2 Å².